The molecule has 0 aliphatic carbocycles. The van der Waals surface area contributed by atoms with E-state index in [9.17, 15) is 9.59 Å². The van der Waals surface area contributed by atoms with Gasteiger partial charge in [-0.2, -0.15) is 0 Å². The number of nitrogen functional groups attached to an aromatic ring is 1. The molecule has 6 nitrogen and oxygen atoms in total. The van der Waals surface area contributed by atoms with Gasteiger partial charge in [0.1, 0.15) is 0 Å². The van der Waals surface area contributed by atoms with E-state index < -0.39 is 12.1 Å². The summed E-state index contributed by atoms with van der Waals surface area (Å²) in [7, 11) is 1.18. The molecule has 1 aromatic rings. The lowest BCUT2D eigenvalue weighted by Gasteiger charge is -2.07. The molecule has 0 saturated carbocycles. The molecule has 0 aliphatic heterocycles. The van der Waals surface area contributed by atoms with E-state index >= 15 is 0 Å². The summed E-state index contributed by atoms with van der Waals surface area (Å²) in [5.41, 5.74) is 5.87. The van der Waals surface area contributed by atoms with Crippen molar-refractivity contribution in [3.8, 4) is 0 Å². The fourth-order valence-corrected chi connectivity index (χ4v) is 1.01. The first kappa shape index (κ1) is 10.8. The molecule has 0 saturated heterocycles. The summed E-state index contributed by atoms with van der Waals surface area (Å²) < 4.78 is 4.34. The van der Waals surface area contributed by atoms with Gasteiger partial charge in [-0.15, -0.1) is 0 Å². The average Bonchev–Trinajstić information content (AvgIpc) is 2.17. The number of benzene rings is 1. The standard InChI is InChI=1S/C9H10N2O4/c1-15-9(14)11-7-4-5(10)2-3-6(7)8(12)13/h2-4H,10H2,1H3,(H,11,14)(H,12,13). The van der Waals surface area contributed by atoms with Gasteiger partial charge in [0.25, 0.3) is 0 Å². The normalized spacial score (nSPS) is 9.40. The lowest BCUT2D eigenvalue weighted by Crippen LogP contribution is -2.14. The topological polar surface area (TPSA) is 102 Å². The highest BCUT2D eigenvalue weighted by Crippen LogP contribution is 2.19. The van der Waals surface area contributed by atoms with Crippen molar-refractivity contribution in [3.63, 3.8) is 0 Å². The molecule has 0 radical (unpaired) electrons. The first-order chi connectivity index (χ1) is 7.04. The predicted octanol–water partition coefficient (Wildman–Crippen LogP) is 1.15. The van der Waals surface area contributed by atoms with E-state index in [0.29, 0.717) is 5.69 Å². The van der Waals surface area contributed by atoms with Crippen LogP contribution in [0.3, 0.4) is 0 Å². The van der Waals surface area contributed by atoms with Crippen LogP contribution in [-0.4, -0.2) is 24.3 Å². The smallest absolute Gasteiger partial charge is 0.411 e. The number of nitrogens with one attached hydrogen (secondary N) is 1. The molecule has 0 aliphatic rings. The number of carboxylic acids is 1. The highest BCUT2D eigenvalue weighted by Gasteiger charge is 2.12. The van der Waals surface area contributed by atoms with Crippen LogP contribution in [0.4, 0.5) is 16.2 Å². The number of rotatable bonds is 2. The summed E-state index contributed by atoms with van der Waals surface area (Å²) in [6, 6.07) is 4.09. The Balaban J connectivity index is 3.07. The molecule has 0 spiro atoms. The Morgan fingerprint density at radius 2 is 2.13 bits per heavy atom. The SMILES string of the molecule is COC(=O)Nc1cc(N)ccc1C(=O)O. The third-order valence-electron chi connectivity index (χ3n) is 1.70. The zero-order chi connectivity index (χ0) is 11.4. The van der Waals surface area contributed by atoms with Crippen LogP contribution in [-0.2, 0) is 4.74 Å². The number of nitrogens with two attached hydrogens (primary N) is 1. The number of hydrogen-bond acceptors (Lipinski definition) is 4. The molecule has 1 rings (SSSR count). The summed E-state index contributed by atoms with van der Waals surface area (Å²) in [4.78, 5) is 21.7. The molecule has 0 bridgehead atoms. The van der Waals surface area contributed by atoms with Crippen LogP contribution in [0.15, 0.2) is 18.2 Å². The Kier molecular flexibility index (Phi) is 3.12. The van der Waals surface area contributed by atoms with Gasteiger partial charge in [-0.1, -0.05) is 0 Å². The van der Waals surface area contributed by atoms with E-state index in [1.165, 1.54) is 25.3 Å². The summed E-state index contributed by atoms with van der Waals surface area (Å²) in [5, 5.41) is 11.1. The minimum atomic E-state index is -1.15. The number of carbonyl (C=O) groups is 2. The molecule has 1 aromatic carbocycles. The third kappa shape index (κ3) is 2.60. The molecule has 0 unspecified atom stereocenters. The fraction of sp³-hybridized carbons (Fsp3) is 0.111. The monoisotopic (exact) mass is 210 g/mol. The van der Waals surface area contributed by atoms with Crippen molar-refractivity contribution in [2.45, 2.75) is 0 Å². The number of aromatic carboxylic acids is 1. The van der Waals surface area contributed by atoms with Gasteiger partial charge in [0.05, 0.1) is 18.4 Å². The Morgan fingerprint density at radius 1 is 1.47 bits per heavy atom. The maximum atomic E-state index is 10.9. The van der Waals surface area contributed by atoms with E-state index in [-0.39, 0.29) is 11.3 Å². The molecule has 80 valence electrons. The maximum Gasteiger partial charge on any atom is 0.411 e. The molecule has 1 amide bonds. The molecular formula is C9H10N2O4. The summed E-state index contributed by atoms with van der Waals surface area (Å²) >= 11 is 0. The predicted molar refractivity (Wildman–Crippen MR) is 53.8 cm³/mol. The van der Waals surface area contributed by atoms with Crippen LogP contribution in [0.1, 0.15) is 10.4 Å². The number of hydrogen-bond donors (Lipinski definition) is 3. The fourth-order valence-electron chi connectivity index (χ4n) is 1.01. The summed E-state index contributed by atoms with van der Waals surface area (Å²) in [5.74, 6) is -1.15. The van der Waals surface area contributed by atoms with Gasteiger partial charge in [-0.3, -0.25) is 5.32 Å². The van der Waals surface area contributed by atoms with Crippen molar-refractivity contribution in [1.29, 1.82) is 0 Å². The molecule has 0 heterocycles. The van der Waals surface area contributed by atoms with Crippen LogP contribution >= 0.6 is 0 Å². The highest BCUT2D eigenvalue weighted by atomic mass is 16.5. The molecule has 0 aromatic heterocycles. The first-order valence-corrected chi connectivity index (χ1v) is 4.02. The Bertz CT molecular complexity index is 403. The van der Waals surface area contributed by atoms with Gasteiger partial charge in [-0.25, -0.2) is 9.59 Å². The molecule has 15 heavy (non-hydrogen) atoms. The third-order valence-corrected chi connectivity index (χ3v) is 1.70. The van der Waals surface area contributed by atoms with Gasteiger partial charge in [-0.05, 0) is 18.2 Å². The van der Waals surface area contributed by atoms with Gasteiger partial charge in [0.2, 0.25) is 0 Å². The van der Waals surface area contributed by atoms with E-state index in [2.05, 4.69) is 10.1 Å². The van der Waals surface area contributed by atoms with Crippen LogP contribution < -0.4 is 11.1 Å². The van der Waals surface area contributed by atoms with Crippen molar-refractivity contribution >= 4 is 23.4 Å². The van der Waals surface area contributed by atoms with E-state index in [1.54, 1.807) is 0 Å². The Hall–Kier alpha value is -2.24. The largest absolute Gasteiger partial charge is 0.478 e. The van der Waals surface area contributed by atoms with Gasteiger partial charge < -0.3 is 15.6 Å². The highest BCUT2D eigenvalue weighted by molar-refractivity contribution is 5.99. The van der Waals surface area contributed by atoms with Crippen molar-refractivity contribution in [3.05, 3.63) is 23.8 Å². The van der Waals surface area contributed by atoms with Gasteiger partial charge in [0, 0.05) is 5.69 Å². The summed E-state index contributed by atoms with van der Waals surface area (Å²) in [6.07, 6.45) is -0.747. The van der Waals surface area contributed by atoms with Crippen LogP contribution in [0.2, 0.25) is 0 Å². The molecule has 0 atom stereocenters. The second-order valence-electron chi connectivity index (χ2n) is 2.73. The first-order valence-electron chi connectivity index (χ1n) is 4.02. The zero-order valence-corrected chi connectivity index (χ0v) is 7.98. The lowest BCUT2D eigenvalue weighted by molar-refractivity contribution is 0.0698. The molecular weight excluding hydrogens is 200 g/mol. The maximum absolute atomic E-state index is 10.9. The Labute approximate surface area is 85.6 Å². The number of ether oxygens (including phenoxy) is 1. The van der Waals surface area contributed by atoms with Gasteiger partial charge >= 0.3 is 12.1 Å². The van der Waals surface area contributed by atoms with Crippen LogP contribution in [0.5, 0.6) is 0 Å². The Morgan fingerprint density at radius 3 is 2.67 bits per heavy atom. The average molecular weight is 210 g/mol. The van der Waals surface area contributed by atoms with Gasteiger partial charge in [0.15, 0.2) is 0 Å². The second kappa shape index (κ2) is 4.32. The molecule has 4 N–H and O–H groups in total. The summed E-state index contributed by atoms with van der Waals surface area (Å²) in [6.45, 7) is 0. The van der Waals surface area contributed by atoms with Crippen molar-refractivity contribution < 1.29 is 19.4 Å². The number of anilines is 2. The van der Waals surface area contributed by atoms with E-state index in [0.717, 1.165) is 0 Å². The van der Waals surface area contributed by atoms with Crippen molar-refractivity contribution in [2.75, 3.05) is 18.2 Å². The molecule has 0 fully saturated rings. The van der Waals surface area contributed by atoms with Crippen LogP contribution in [0.25, 0.3) is 0 Å². The van der Waals surface area contributed by atoms with E-state index in [1.807, 2.05) is 0 Å². The quantitative estimate of drug-likeness (QED) is 0.635. The zero-order valence-electron chi connectivity index (χ0n) is 7.98. The number of carbonyl (C=O) groups excluding carboxylic acids is 1. The van der Waals surface area contributed by atoms with E-state index in [4.69, 9.17) is 10.8 Å². The second-order valence-corrected chi connectivity index (χ2v) is 2.73. The lowest BCUT2D eigenvalue weighted by atomic mass is 10.1. The van der Waals surface area contributed by atoms with Crippen molar-refractivity contribution in [2.24, 2.45) is 0 Å². The van der Waals surface area contributed by atoms with Crippen molar-refractivity contribution in [1.82, 2.24) is 0 Å². The molecule has 6 heteroatoms. The van der Waals surface area contributed by atoms with Crippen LogP contribution in [0, 0.1) is 0 Å². The number of methoxy groups -OCH3 is 1. The number of amides is 1. The minimum Gasteiger partial charge on any atom is -0.478 e. The minimum absolute atomic E-state index is 0.0467. The number of carboxylic acid groups (broad SMARTS) is 1.